The molecule has 4 rings (SSSR count). The number of aromatic nitrogens is 2. The van der Waals surface area contributed by atoms with E-state index < -0.39 is 0 Å². The summed E-state index contributed by atoms with van der Waals surface area (Å²) in [6, 6.07) is 17.9. The molecule has 3 aromatic rings. The summed E-state index contributed by atoms with van der Waals surface area (Å²) in [6.45, 7) is 0. The highest BCUT2D eigenvalue weighted by Crippen LogP contribution is 2.52. The van der Waals surface area contributed by atoms with E-state index in [1.165, 1.54) is 5.56 Å². The third kappa shape index (κ3) is 2.00. The monoisotopic (exact) mass is 277 g/mol. The van der Waals surface area contributed by atoms with E-state index in [4.69, 9.17) is 10.3 Å². The molecular weight excluding hydrogens is 262 g/mol. The van der Waals surface area contributed by atoms with Crippen molar-refractivity contribution in [2.75, 3.05) is 5.73 Å². The number of rotatable bonds is 3. The summed E-state index contributed by atoms with van der Waals surface area (Å²) in [6.07, 6.45) is 2.10. The van der Waals surface area contributed by atoms with Crippen LogP contribution in [0.25, 0.3) is 11.4 Å². The van der Waals surface area contributed by atoms with Crippen molar-refractivity contribution >= 4 is 5.69 Å². The van der Waals surface area contributed by atoms with Gasteiger partial charge >= 0.3 is 0 Å². The highest BCUT2D eigenvalue weighted by Gasteiger charge is 2.50. The predicted octanol–water partition coefficient (Wildman–Crippen LogP) is 3.40. The van der Waals surface area contributed by atoms with E-state index in [2.05, 4.69) is 22.3 Å². The van der Waals surface area contributed by atoms with E-state index in [1.54, 1.807) is 0 Å². The van der Waals surface area contributed by atoms with Crippen molar-refractivity contribution in [2.24, 2.45) is 0 Å². The van der Waals surface area contributed by atoms with Crippen LogP contribution in [0.4, 0.5) is 5.69 Å². The van der Waals surface area contributed by atoms with Gasteiger partial charge in [0.2, 0.25) is 11.7 Å². The van der Waals surface area contributed by atoms with Gasteiger partial charge in [0.05, 0.1) is 5.41 Å². The van der Waals surface area contributed by atoms with Gasteiger partial charge in [-0.1, -0.05) is 47.6 Å². The highest BCUT2D eigenvalue weighted by molar-refractivity contribution is 5.60. The molecule has 0 spiro atoms. The molecule has 0 aliphatic heterocycles. The van der Waals surface area contributed by atoms with E-state index >= 15 is 0 Å². The summed E-state index contributed by atoms with van der Waals surface area (Å²) in [7, 11) is 0. The standard InChI is InChI=1S/C17H15N3O/c18-14-8-4-5-12(11-14)15-19-16(21-20-15)17(9-10-17)13-6-2-1-3-7-13/h1-8,11H,9-10,18H2. The van der Waals surface area contributed by atoms with Crippen LogP contribution < -0.4 is 5.73 Å². The Morgan fingerprint density at radius 3 is 2.52 bits per heavy atom. The summed E-state index contributed by atoms with van der Waals surface area (Å²) in [5.41, 5.74) is 8.54. The van der Waals surface area contributed by atoms with Crippen LogP contribution in [0, 0.1) is 0 Å². The fraction of sp³-hybridized carbons (Fsp3) is 0.176. The lowest BCUT2D eigenvalue weighted by molar-refractivity contribution is 0.360. The lowest BCUT2D eigenvalue weighted by Crippen LogP contribution is -2.08. The Balaban J connectivity index is 1.72. The molecule has 21 heavy (non-hydrogen) atoms. The lowest BCUT2D eigenvalue weighted by Gasteiger charge is -2.09. The Labute approximate surface area is 122 Å². The molecule has 1 aromatic heterocycles. The van der Waals surface area contributed by atoms with Crippen LogP contribution in [0.1, 0.15) is 24.3 Å². The molecule has 1 heterocycles. The van der Waals surface area contributed by atoms with Crippen molar-refractivity contribution in [3.8, 4) is 11.4 Å². The minimum absolute atomic E-state index is 0.0904. The van der Waals surface area contributed by atoms with Gasteiger partial charge in [0.1, 0.15) is 0 Å². The fourth-order valence-corrected chi connectivity index (χ4v) is 2.72. The molecule has 1 aliphatic carbocycles. The molecule has 0 amide bonds. The second-order valence-corrected chi connectivity index (χ2v) is 5.50. The first-order chi connectivity index (χ1) is 10.3. The number of anilines is 1. The molecule has 0 unspecified atom stereocenters. The Kier molecular flexibility index (Phi) is 2.57. The van der Waals surface area contributed by atoms with Crippen molar-refractivity contribution in [3.05, 3.63) is 66.1 Å². The molecule has 0 atom stereocenters. The van der Waals surface area contributed by atoms with E-state index in [1.807, 2.05) is 42.5 Å². The van der Waals surface area contributed by atoms with Gasteiger partial charge in [-0.25, -0.2) is 0 Å². The average Bonchev–Trinajstić information content (AvgIpc) is 3.18. The molecule has 1 saturated carbocycles. The van der Waals surface area contributed by atoms with Crippen LogP contribution in [0.2, 0.25) is 0 Å². The molecule has 0 bridgehead atoms. The molecule has 1 aliphatic rings. The molecule has 0 radical (unpaired) electrons. The molecule has 2 N–H and O–H groups in total. The van der Waals surface area contributed by atoms with Gasteiger partial charge in [-0.3, -0.25) is 0 Å². The van der Waals surface area contributed by atoms with Crippen molar-refractivity contribution in [2.45, 2.75) is 18.3 Å². The second kappa shape index (κ2) is 4.45. The van der Waals surface area contributed by atoms with Crippen LogP contribution in [-0.2, 0) is 5.41 Å². The SMILES string of the molecule is Nc1cccc(-c2noc(C3(c4ccccc4)CC3)n2)c1. The summed E-state index contributed by atoms with van der Waals surface area (Å²) in [5.74, 6) is 1.30. The Morgan fingerprint density at radius 2 is 1.81 bits per heavy atom. The maximum absolute atomic E-state index is 5.81. The van der Waals surface area contributed by atoms with Gasteiger partial charge in [0, 0.05) is 11.3 Å². The summed E-state index contributed by atoms with van der Waals surface area (Å²) < 4.78 is 5.54. The van der Waals surface area contributed by atoms with E-state index in [-0.39, 0.29) is 5.41 Å². The smallest absolute Gasteiger partial charge is 0.237 e. The van der Waals surface area contributed by atoms with E-state index in [0.717, 1.165) is 18.4 Å². The minimum Gasteiger partial charge on any atom is -0.399 e. The molecule has 2 aromatic carbocycles. The Morgan fingerprint density at radius 1 is 1.00 bits per heavy atom. The summed E-state index contributed by atoms with van der Waals surface area (Å²) in [4.78, 5) is 4.60. The molecule has 1 fully saturated rings. The topological polar surface area (TPSA) is 64.9 Å². The molecule has 4 heteroatoms. The first-order valence-electron chi connectivity index (χ1n) is 7.04. The normalized spacial score (nSPS) is 15.8. The molecule has 4 nitrogen and oxygen atoms in total. The number of hydrogen-bond donors (Lipinski definition) is 1. The van der Waals surface area contributed by atoms with E-state index in [9.17, 15) is 0 Å². The summed E-state index contributed by atoms with van der Waals surface area (Å²) in [5, 5.41) is 4.12. The van der Waals surface area contributed by atoms with Gasteiger partial charge in [0.15, 0.2) is 0 Å². The van der Waals surface area contributed by atoms with Crippen molar-refractivity contribution < 1.29 is 4.52 Å². The third-order valence-corrected chi connectivity index (χ3v) is 4.06. The Hall–Kier alpha value is -2.62. The average molecular weight is 277 g/mol. The number of nitrogen functional groups attached to an aromatic ring is 1. The van der Waals surface area contributed by atoms with Gasteiger partial charge in [0.25, 0.3) is 0 Å². The largest absolute Gasteiger partial charge is 0.399 e. The number of benzene rings is 2. The zero-order valence-electron chi connectivity index (χ0n) is 11.5. The van der Waals surface area contributed by atoms with Crippen molar-refractivity contribution in [1.82, 2.24) is 10.1 Å². The summed E-state index contributed by atoms with van der Waals surface area (Å²) >= 11 is 0. The molecule has 104 valence electrons. The Bertz CT molecular complexity index is 775. The number of nitrogens with zero attached hydrogens (tertiary/aromatic N) is 2. The van der Waals surface area contributed by atoms with Crippen LogP contribution in [-0.4, -0.2) is 10.1 Å². The second-order valence-electron chi connectivity index (χ2n) is 5.50. The van der Waals surface area contributed by atoms with Gasteiger partial charge in [-0.15, -0.1) is 0 Å². The quantitative estimate of drug-likeness (QED) is 0.745. The van der Waals surface area contributed by atoms with Crippen LogP contribution in [0.15, 0.2) is 59.1 Å². The zero-order valence-corrected chi connectivity index (χ0v) is 11.5. The molecular formula is C17H15N3O. The predicted molar refractivity (Wildman–Crippen MR) is 80.6 cm³/mol. The highest BCUT2D eigenvalue weighted by atomic mass is 16.5. The van der Waals surface area contributed by atoms with Crippen molar-refractivity contribution in [1.29, 1.82) is 0 Å². The lowest BCUT2D eigenvalue weighted by atomic mass is 9.96. The minimum atomic E-state index is -0.0904. The van der Waals surface area contributed by atoms with E-state index in [0.29, 0.717) is 17.4 Å². The van der Waals surface area contributed by atoms with Gasteiger partial charge in [-0.2, -0.15) is 4.98 Å². The molecule has 0 saturated heterocycles. The van der Waals surface area contributed by atoms with Crippen LogP contribution >= 0.6 is 0 Å². The first kappa shape index (κ1) is 12.1. The van der Waals surface area contributed by atoms with Crippen molar-refractivity contribution in [3.63, 3.8) is 0 Å². The first-order valence-corrected chi connectivity index (χ1v) is 7.04. The maximum atomic E-state index is 5.81. The number of hydrogen-bond acceptors (Lipinski definition) is 4. The van der Waals surface area contributed by atoms with Gasteiger partial charge in [-0.05, 0) is 30.5 Å². The van der Waals surface area contributed by atoms with Gasteiger partial charge < -0.3 is 10.3 Å². The van der Waals surface area contributed by atoms with Crippen LogP contribution in [0.5, 0.6) is 0 Å². The number of nitrogens with two attached hydrogens (primary N) is 1. The fourth-order valence-electron chi connectivity index (χ4n) is 2.72. The van der Waals surface area contributed by atoms with Crippen LogP contribution in [0.3, 0.4) is 0 Å². The zero-order chi connectivity index (χ0) is 14.3. The maximum Gasteiger partial charge on any atom is 0.237 e. The third-order valence-electron chi connectivity index (χ3n) is 4.06.